The molecule has 1 heterocycles. The van der Waals surface area contributed by atoms with Gasteiger partial charge in [0.1, 0.15) is 0 Å². The van der Waals surface area contributed by atoms with Crippen molar-refractivity contribution < 1.29 is 26.7 Å². The zero-order valence-corrected chi connectivity index (χ0v) is 10.3. The molecule has 0 aromatic carbocycles. The highest BCUT2D eigenvalue weighted by Crippen LogP contribution is 2.38. The third-order valence-corrected chi connectivity index (χ3v) is 3.15. The number of alkyl halides is 5. The molecule has 8 heteroatoms. The molecule has 0 N–H and O–H groups in total. The average Bonchev–Trinajstić information content (AvgIpc) is 2.57. The number of likely N-dealkylation sites (N-methyl/N-ethyl adjacent to an activating group) is 1. The van der Waals surface area contributed by atoms with E-state index in [1.807, 2.05) is 0 Å². The summed E-state index contributed by atoms with van der Waals surface area (Å²) in [5.41, 5.74) is 0. The number of hydrogen-bond donors (Lipinski definition) is 0. The maximum absolute atomic E-state index is 12.9. The van der Waals surface area contributed by atoms with Gasteiger partial charge in [-0.1, -0.05) is 6.92 Å². The largest absolute Gasteiger partial charge is 0.463 e. The van der Waals surface area contributed by atoms with E-state index < -0.39 is 18.0 Å². The molecule has 0 bridgehead atoms. The summed E-state index contributed by atoms with van der Waals surface area (Å²) in [7, 11) is 3.38. The summed E-state index contributed by atoms with van der Waals surface area (Å²) in [6.45, 7) is 1.51. The van der Waals surface area contributed by atoms with Crippen LogP contribution in [0.5, 0.6) is 0 Å². The van der Waals surface area contributed by atoms with Gasteiger partial charge in [0.15, 0.2) is 0 Å². The highest BCUT2D eigenvalue weighted by molar-refractivity contribution is 5.84. The van der Waals surface area contributed by atoms with E-state index >= 15 is 0 Å². The van der Waals surface area contributed by atoms with Gasteiger partial charge in [-0.3, -0.25) is 4.79 Å². The van der Waals surface area contributed by atoms with Crippen LogP contribution in [0, 0.1) is 5.92 Å². The molecule has 106 valence electrons. The van der Waals surface area contributed by atoms with Crippen LogP contribution in [0.4, 0.5) is 22.0 Å². The zero-order valence-electron chi connectivity index (χ0n) is 10.3. The summed E-state index contributed by atoms with van der Waals surface area (Å²) in [6.07, 6.45) is -5.84. The van der Waals surface area contributed by atoms with E-state index in [1.54, 1.807) is 25.9 Å². The number of halogens is 5. The maximum atomic E-state index is 12.9. The molecule has 0 aliphatic carbocycles. The minimum atomic E-state index is -5.84. The second-order valence-corrected chi connectivity index (χ2v) is 4.79. The van der Waals surface area contributed by atoms with Crippen LogP contribution in [-0.2, 0) is 4.79 Å². The molecule has 0 radical (unpaired) electrons. The summed E-state index contributed by atoms with van der Waals surface area (Å²) >= 11 is 0. The Morgan fingerprint density at radius 1 is 1.17 bits per heavy atom. The number of nitrogens with zero attached hydrogens (tertiary/aromatic N) is 2. The third kappa shape index (κ3) is 2.57. The van der Waals surface area contributed by atoms with Crippen molar-refractivity contribution in [2.24, 2.45) is 5.92 Å². The predicted octanol–water partition coefficient (Wildman–Crippen LogP) is 1.59. The van der Waals surface area contributed by atoms with Crippen molar-refractivity contribution in [3.05, 3.63) is 0 Å². The lowest BCUT2D eigenvalue weighted by atomic mass is 10.1. The predicted molar refractivity (Wildman–Crippen MR) is 54.2 cm³/mol. The molecule has 1 amide bonds. The molecule has 1 aliphatic rings. The summed E-state index contributed by atoms with van der Waals surface area (Å²) in [5, 5.41) is 0. The second-order valence-electron chi connectivity index (χ2n) is 4.79. The number of amides is 1. The second kappa shape index (κ2) is 4.64. The Morgan fingerprint density at radius 2 is 1.67 bits per heavy atom. The van der Waals surface area contributed by atoms with Crippen LogP contribution in [0.3, 0.4) is 0 Å². The minimum absolute atomic E-state index is 0.0899. The van der Waals surface area contributed by atoms with Crippen molar-refractivity contribution in [2.75, 3.05) is 27.2 Å². The molecule has 0 spiro atoms. The van der Waals surface area contributed by atoms with Gasteiger partial charge in [-0.25, -0.2) is 0 Å². The fraction of sp³-hybridized carbons (Fsp3) is 0.900. The van der Waals surface area contributed by atoms with E-state index in [2.05, 4.69) is 0 Å². The van der Waals surface area contributed by atoms with Gasteiger partial charge in [0.05, 0.1) is 0 Å². The number of hydrogen-bond acceptors (Lipinski definition) is 2. The monoisotopic (exact) mass is 274 g/mol. The number of carbonyl (C=O) groups excluding carboxylic acids is 1. The van der Waals surface area contributed by atoms with Gasteiger partial charge in [-0.2, -0.15) is 22.0 Å². The number of likely N-dealkylation sites (tertiary alicyclic amines) is 1. The van der Waals surface area contributed by atoms with Crippen LogP contribution in [0.25, 0.3) is 0 Å². The van der Waals surface area contributed by atoms with Crippen LogP contribution in [0.15, 0.2) is 0 Å². The van der Waals surface area contributed by atoms with Crippen molar-refractivity contribution in [2.45, 2.75) is 25.1 Å². The first kappa shape index (κ1) is 15.1. The molecule has 0 aromatic heterocycles. The molecule has 18 heavy (non-hydrogen) atoms. The SMILES string of the molecule is CC1CN(C(=O)C(F)(F)C(F)(F)F)CC1N(C)C. The smallest absolute Gasteiger partial charge is 0.335 e. The Kier molecular flexibility index (Phi) is 3.90. The molecule has 0 aromatic rings. The Bertz CT molecular complexity index is 329. The first-order valence-electron chi connectivity index (χ1n) is 5.38. The first-order chi connectivity index (χ1) is 7.98. The fourth-order valence-electron chi connectivity index (χ4n) is 2.11. The summed E-state index contributed by atoms with van der Waals surface area (Å²) in [5.74, 6) is -7.62. The van der Waals surface area contributed by atoms with Crippen molar-refractivity contribution in [3.63, 3.8) is 0 Å². The third-order valence-electron chi connectivity index (χ3n) is 3.15. The first-order valence-corrected chi connectivity index (χ1v) is 5.38. The van der Waals surface area contributed by atoms with Crippen LogP contribution in [0.2, 0.25) is 0 Å². The molecule has 2 atom stereocenters. The van der Waals surface area contributed by atoms with Gasteiger partial charge in [-0.15, -0.1) is 0 Å². The van der Waals surface area contributed by atoms with Crippen molar-refractivity contribution in [3.8, 4) is 0 Å². The molecule has 0 saturated carbocycles. The normalized spacial score (nSPS) is 25.9. The lowest BCUT2D eigenvalue weighted by Gasteiger charge is -2.25. The molecule has 2 unspecified atom stereocenters. The maximum Gasteiger partial charge on any atom is 0.463 e. The fourth-order valence-corrected chi connectivity index (χ4v) is 2.11. The number of carbonyl (C=O) groups is 1. The minimum Gasteiger partial charge on any atom is -0.335 e. The summed E-state index contributed by atoms with van der Waals surface area (Å²) < 4.78 is 62.0. The van der Waals surface area contributed by atoms with E-state index in [9.17, 15) is 26.7 Å². The standard InChI is InChI=1S/C10H15F5N2O/c1-6-4-17(5-7(6)16(2)3)8(18)9(11,12)10(13,14)15/h6-7H,4-5H2,1-3H3. The molecular formula is C10H15F5N2O. The van der Waals surface area contributed by atoms with Crippen LogP contribution < -0.4 is 0 Å². The Hall–Kier alpha value is -0.920. The quantitative estimate of drug-likeness (QED) is 0.714. The summed E-state index contributed by atoms with van der Waals surface area (Å²) in [6, 6.07) is -0.210. The molecule has 1 aliphatic heterocycles. The van der Waals surface area contributed by atoms with Gasteiger partial charge in [0.25, 0.3) is 0 Å². The highest BCUT2D eigenvalue weighted by atomic mass is 19.4. The molecule has 3 nitrogen and oxygen atoms in total. The topological polar surface area (TPSA) is 23.6 Å². The van der Waals surface area contributed by atoms with Gasteiger partial charge in [-0.05, 0) is 20.0 Å². The van der Waals surface area contributed by atoms with E-state index in [-0.39, 0.29) is 25.0 Å². The van der Waals surface area contributed by atoms with Crippen LogP contribution >= 0.6 is 0 Å². The Balaban J connectivity index is 2.82. The van der Waals surface area contributed by atoms with Gasteiger partial charge in [0.2, 0.25) is 0 Å². The van der Waals surface area contributed by atoms with Crippen molar-refractivity contribution >= 4 is 5.91 Å². The highest BCUT2D eigenvalue weighted by Gasteiger charge is 2.65. The lowest BCUT2D eigenvalue weighted by Crippen LogP contribution is -2.52. The van der Waals surface area contributed by atoms with E-state index in [1.165, 1.54) is 0 Å². The molecular weight excluding hydrogens is 259 g/mol. The van der Waals surface area contributed by atoms with Crippen molar-refractivity contribution in [1.29, 1.82) is 0 Å². The average molecular weight is 274 g/mol. The van der Waals surface area contributed by atoms with Crippen molar-refractivity contribution in [1.82, 2.24) is 9.80 Å². The summed E-state index contributed by atoms with van der Waals surface area (Å²) in [4.78, 5) is 13.6. The van der Waals surface area contributed by atoms with Gasteiger partial charge in [0, 0.05) is 19.1 Å². The Labute approximate surface area is 102 Å². The van der Waals surface area contributed by atoms with E-state index in [0.717, 1.165) is 0 Å². The zero-order chi connectivity index (χ0) is 14.3. The number of rotatable bonds is 2. The lowest BCUT2D eigenvalue weighted by molar-refractivity contribution is -0.274. The molecule has 1 rings (SSSR count). The molecule has 1 saturated heterocycles. The van der Waals surface area contributed by atoms with Gasteiger partial charge < -0.3 is 9.80 Å². The van der Waals surface area contributed by atoms with Crippen LogP contribution in [0.1, 0.15) is 6.92 Å². The van der Waals surface area contributed by atoms with Crippen LogP contribution in [-0.4, -0.2) is 61.0 Å². The Morgan fingerprint density at radius 3 is 2.00 bits per heavy atom. The van der Waals surface area contributed by atoms with E-state index in [0.29, 0.717) is 4.90 Å². The van der Waals surface area contributed by atoms with Gasteiger partial charge >= 0.3 is 18.0 Å². The molecule has 1 fully saturated rings. The van der Waals surface area contributed by atoms with E-state index in [4.69, 9.17) is 0 Å².